The standard InChI is InChI=1S/C20H22N2O4/c1-14(23)6-7-16-8-10-19(11-9-16)26-13-20(25)22-18-5-3-4-17(12-18)21-15(2)24/h3-5,8-12H,6-7,13H2,1-2H3,(H,21,24)(H,22,25). The van der Waals surface area contributed by atoms with Gasteiger partial charge in [0.15, 0.2) is 6.61 Å². The number of nitrogens with one attached hydrogen (secondary N) is 2. The fraction of sp³-hybridized carbons (Fsp3) is 0.250. The summed E-state index contributed by atoms with van der Waals surface area (Å²) in [6, 6.07) is 14.2. The third kappa shape index (κ3) is 6.76. The number of Topliss-reactive ketones (excluding diaryl/α,β-unsaturated/α-hetero) is 1. The summed E-state index contributed by atoms with van der Waals surface area (Å²) >= 11 is 0. The van der Waals surface area contributed by atoms with E-state index in [-0.39, 0.29) is 24.2 Å². The maximum atomic E-state index is 12.0. The molecule has 2 N–H and O–H groups in total. The molecule has 0 atom stereocenters. The van der Waals surface area contributed by atoms with Crippen molar-refractivity contribution in [3.05, 3.63) is 54.1 Å². The van der Waals surface area contributed by atoms with Crippen molar-refractivity contribution in [2.75, 3.05) is 17.2 Å². The van der Waals surface area contributed by atoms with E-state index in [0.717, 1.165) is 5.56 Å². The van der Waals surface area contributed by atoms with E-state index in [4.69, 9.17) is 4.74 Å². The van der Waals surface area contributed by atoms with Crippen LogP contribution < -0.4 is 15.4 Å². The molecule has 0 saturated heterocycles. The zero-order valence-electron chi connectivity index (χ0n) is 14.9. The highest BCUT2D eigenvalue weighted by molar-refractivity contribution is 5.94. The summed E-state index contributed by atoms with van der Waals surface area (Å²) in [5, 5.41) is 5.37. The second-order valence-corrected chi connectivity index (χ2v) is 5.94. The van der Waals surface area contributed by atoms with Gasteiger partial charge in [0, 0.05) is 24.7 Å². The second-order valence-electron chi connectivity index (χ2n) is 5.94. The van der Waals surface area contributed by atoms with Crippen LogP contribution in [-0.4, -0.2) is 24.2 Å². The van der Waals surface area contributed by atoms with E-state index in [0.29, 0.717) is 30.0 Å². The SMILES string of the molecule is CC(=O)CCc1ccc(OCC(=O)Nc2cccc(NC(C)=O)c2)cc1. The number of anilines is 2. The van der Waals surface area contributed by atoms with Gasteiger partial charge in [0.05, 0.1) is 0 Å². The van der Waals surface area contributed by atoms with Crippen LogP contribution in [0, 0.1) is 0 Å². The van der Waals surface area contributed by atoms with Crippen molar-refractivity contribution in [3.63, 3.8) is 0 Å². The number of carbonyl (C=O) groups is 3. The first kappa shape index (κ1) is 19.2. The van der Waals surface area contributed by atoms with Crippen LogP contribution in [0.2, 0.25) is 0 Å². The first-order valence-corrected chi connectivity index (χ1v) is 8.31. The summed E-state index contributed by atoms with van der Waals surface area (Å²) in [4.78, 5) is 34.1. The lowest BCUT2D eigenvalue weighted by Gasteiger charge is -2.09. The molecule has 136 valence electrons. The summed E-state index contributed by atoms with van der Waals surface area (Å²) in [5.41, 5.74) is 2.23. The number of aryl methyl sites for hydroxylation is 1. The Morgan fingerprint density at radius 2 is 1.58 bits per heavy atom. The Hall–Kier alpha value is -3.15. The lowest BCUT2D eigenvalue weighted by atomic mass is 10.1. The van der Waals surface area contributed by atoms with Crippen molar-refractivity contribution in [1.82, 2.24) is 0 Å². The van der Waals surface area contributed by atoms with Gasteiger partial charge in [-0.25, -0.2) is 0 Å². The average molecular weight is 354 g/mol. The minimum absolute atomic E-state index is 0.128. The van der Waals surface area contributed by atoms with Gasteiger partial charge in [-0.1, -0.05) is 18.2 Å². The van der Waals surface area contributed by atoms with Crippen molar-refractivity contribution in [2.45, 2.75) is 26.7 Å². The van der Waals surface area contributed by atoms with Crippen molar-refractivity contribution >= 4 is 29.0 Å². The number of ketones is 1. The molecule has 0 bridgehead atoms. The fourth-order valence-corrected chi connectivity index (χ4v) is 2.30. The van der Waals surface area contributed by atoms with Gasteiger partial charge in [0.25, 0.3) is 5.91 Å². The number of amides is 2. The molecule has 6 nitrogen and oxygen atoms in total. The predicted octanol–water partition coefficient (Wildman–Crippen LogP) is 3.18. The Morgan fingerprint density at radius 3 is 2.19 bits per heavy atom. The van der Waals surface area contributed by atoms with Gasteiger partial charge < -0.3 is 20.2 Å². The predicted molar refractivity (Wildman–Crippen MR) is 100 cm³/mol. The molecule has 0 aliphatic rings. The third-order valence-corrected chi connectivity index (χ3v) is 3.53. The van der Waals surface area contributed by atoms with Gasteiger partial charge in [-0.15, -0.1) is 0 Å². The van der Waals surface area contributed by atoms with Gasteiger partial charge >= 0.3 is 0 Å². The summed E-state index contributed by atoms with van der Waals surface area (Å²) < 4.78 is 5.47. The summed E-state index contributed by atoms with van der Waals surface area (Å²) in [5.74, 6) is 0.262. The smallest absolute Gasteiger partial charge is 0.262 e. The zero-order valence-corrected chi connectivity index (χ0v) is 14.9. The molecule has 0 radical (unpaired) electrons. The van der Waals surface area contributed by atoms with Gasteiger partial charge in [0.1, 0.15) is 11.5 Å². The van der Waals surface area contributed by atoms with Crippen LogP contribution in [0.1, 0.15) is 25.8 Å². The number of ether oxygens (including phenoxy) is 1. The van der Waals surface area contributed by atoms with Crippen molar-refractivity contribution < 1.29 is 19.1 Å². The van der Waals surface area contributed by atoms with Crippen LogP contribution in [0.3, 0.4) is 0 Å². The van der Waals surface area contributed by atoms with E-state index < -0.39 is 0 Å². The number of hydrogen-bond acceptors (Lipinski definition) is 4. The Morgan fingerprint density at radius 1 is 0.923 bits per heavy atom. The molecule has 0 unspecified atom stereocenters. The van der Waals surface area contributed by atoms with E-state index in [1.807, 2.05) is 12.1 Å². The fourth-order valence-electron chi connectivity index (χ4n) is 2.30. The second kappa shape index (κ2) is 9.36. The molecule has 26 heavy (non-hydrogen) atoms. The van der Waals surface area contributed by atoms with E-state index in [9.17, 15) is 14.4 Å². The number of hydrogen-bond donors (Lipinski definition) is 2. The van der Waals surface area contributed by atoms with Crippen LogP contribution in [0.25, 0.3) is 0 Å². The Balaban J connectivity index is 1.83. The molecular weight excluding hydrogens is 332 g/mol. The lowest BCUT2D eigenvalue weighted by molar-refractivity contribution is -0.118. The highest BCUT2D eigenvalue weighted by atomic mass is 16.5. The Kier molecular flexibility index (Phi) is 6.91. The molecular formula is C20H22N2O4. The first-order valence-electron chi connectivity index (χ1n) is 8.31. The average Bonchev–Trinajstić information content (AvgIpc) is 2.59. The molecule has 0 spiro atoms. The monoisotopic (exact) mass is 354 g/mol. The van der Waals surface area contributed by atoms with Gasteiger partial charge in [-0.05, 0) is 49.2 Å². The summed E-state index contributed by atoms with van der Waals surface area (Å²) in [7, 11) is 0. The van der Waals surface area contributed by atoms with E-state index in [1.54, 1.807) is 43.3 Å². The summed E-state index contributed by atoms with van der Waals surface area (Å²) in [6.45, 7) is 2.86. The van der Waals surface area contributed by atoms with Crippen LogP contribution in [0.5, 0.6) is 5.75 Å². The molecule has 6 heteroatoms. The van der Waals surface area contributed by atoms with Crippen LogP contribution in [0.4, 0.5) is 11.4 Å². The van der Waals surface area contributed by atoms with Gasteiger partial charge in [0.2, 0.25) is 5.91 Å². The molecule has 0 aromatic heterocycles. The molecule has 0 heterocycles. The molecule has 2 aromatic carbocycles. The van der Waals surface area contributed by atoms with Crippen molar-refractivity contribution in [2.24, 2.45) is 0 Å². The highest BCUT2D eigenvalue weighted by Gasteiger charge is 2.05. The van der Waals surface area contributed by atoms with Crippen LogP contribution in [-0.2, 0) is 20.8 Å². The molecule has 0 aliphatic heterocycles. The normalized spacial score (nSPS) is 10.1. The van der Waals surface area contributed by atoms with Gasteiger partial charge in [-0.3, -0.25) is 9.59 Å². The molecule has 2 aromatic rings. The highest BCUT2D eigenvalue weighted by Crippen LogP contribution is 2.16. The van der Waals surface area contributed by atoms with Crippen molar-refractivity contribution in [3.8, 4) is 5.75 Å². The van der Waals surface area contributed by atoms with Crippen LogP contribution >= 0.6 is 0 Å². The molecule has 2 amide bonds. The largest absolute Gasteiger partial charge is 0.484 e. The maximum absolute atomic E-state index is 12.0. The van der Waals surface area contributed by atoms with E-state index >= 15 is 0 Å². The zero-order chi connectivity index (χ0) is 18.9. The number of rotatable bonds is 8. The Bertz CT molecular complexity index is 785. The first-order chi connectivity index (χ1) is 12.4. The quantitative estimate of drug-likeness (QED) is 0.762. The molecule has 0 saturated carbocycles. The lowest BCUT2D eigenvalue weighted by Crippen LogP contribution is -2.20. The number of carbonyl (C=O) groups excluding carboxylic acids is 3. The topological polar surface area (TPSA) is 84.5 Å². The minimum atomic E-state index is -0.300. The molecule has 0 aliphatic carbocycles. The van der Waals surface area contributed by atoms with Gasteiger partial charge in [-0.2, -0.15) is 0 Å². The van der Waals surface area contributed by atoms with Crippen molar-refractivity contribution in [1.29, 1.82) is 0 Å². The minimum Gasteiger partial charge on any atom is -0.484 e. The summed E-state index contributed by atoms with van der Waals surface area (Å²) in [6.07, 6.45) is 1.21. The Labute approximate surface area is 152 Å². The van der Waals surface area contributed by atoms with E-state index in [2.05, 4.69) is 10.6 Å². The van der Waals surface area contributed by atoms with Crippen LogP contribution in [0.15, 0.2) is 48.5 Å². The molecule has 2 rings (SSSR count). The third-order valence-electron chi connectivity index (χ3n) is 3.53. The number of benzene rings is 2. The molecule has 0 fully saturated rings. The van der Waals surface area contributed by atoms with E-state index in [1.165, 1.54) is 6.92 Å². The maximum Gasteiger partial charge on any atom is 0.262 e.